The lowest BCUT2D eigenvalue weighted by Crippen LogP contribution is -2.54. The van der Waals surface area contributed by atoms with Gasteiger partial charge in [0.25, 0.3) is 0 Å². The number of piperidine rings is 1. The summed E-state index contributed by atoms with van der Waals surface area (Å²) in [6.45, 7) is 6.56. The highest BCUT2D eigenvalue weighted by atomic mass is 16.4. The molecule has 2 amide bonds. The Labute approximate surface area is 138 Å². The Morgan fingerprint density at radius 3 is 2.52 bits per heavy atom. The van der Waals surface area contributed by atoms with Crippen LogP contribution in [-0.4, -0.2) is 46.4 Å². The van der Waals surface area contributed by atoms with Gasteiger partial charge in [-0.25, -0.2) is 4.79 Å². The molecule has 0 aliphatic carbocycles. The van der Waals surface area contributed by atoms with Crippen molar-refractivity contribution in [2.75, 3.05) is 6.54 Å². The van der Waals surface area contributed by atoms with Crippen molar-refractivity contribution in [3.05, 3.63) is 0 Å². The molecule has 0 aromatic rings. The van der Waals surface area contributed by atoms with E-state index in [-0.39, 0.29) is 17.7 Å². The molecular weight excluding hydrogens is 296 g/mol. The summed E-state index contributed by atoms with van der Waals surface area (Å²) in [5, 5.41) is 11.9. The zero-order valence-corrected chi connectivity index (χ0v) is 14.5. The smallest absolute Gasteiger partial charge is 0.326 e. The zero-order valence-electron chi connectivity index (χ0n) is 14.5. The fraction of sp³-hybridized carbons (Fsp3) is 0.824. The second kappa shape index (κ2) is 9.53. The first-order chi connectivity index (χ1) is 10.9. The molecule has 2 N–H and O–H groups in total. The number of nitrogens with zero attached hydrogens (tertiary/aromatic N) is 1. The van der Waals surface area contributed by atoms with E-state index in [1.165, 1.54) is 0 Å². The molecule has 1 unspecified atom stereocenters. The Kier molecular flexibility index (Phi) is 8.06. The van der Waals surface area contributed by atoms with Gasteiger partial charge in [0, 0.05) is 13.0 Å². The molecule has 2 atom stereocenters. The van der Waals surface area contributed by atoms with Crippen molar-refractivity contribution in [2.45, 2.75) is 77.8 Å². The topological polar surface area (TPSA) is 86.7 Å². The van der Waals surface area contributed by atoms with Gasteiger partial charge in [-0.3, -0.25) is 9.59 Å². The molecule has 6 heteroatoms. The minimum Gasteiger partial charge on any atom is -0.480 e. The summed E-state index contributed by atoms with van der Waals surface area (Å²) in [7, 11) is 0. The first-order valence-corrected chi connectivity index (χ1v) is 8.69. The number of hydrogen-bond acceptors (Lipinski definition) is 3. The zero-order chi connectivity index (χ0) is 17.4. The number of carboxylic acids is 1. The lowest BCUT2D eigenvalue weighted by Gasteiger charge is -2.35. The third-order valence-corrected chi connectivity index (χ3v) is 4.19. The quantitative estimate of drug-likeness (QED) is 0.680. The molecule has 0 radical (unpaired) electrons. The Morgan fingerprint density at radius 2 is 2.00 bits per heavy atom. The molecular formula is C17H30N2O4. The van der Waals surface area contributed by atoms with Gasteiger partial charge in [-0.2, -0.15) is 0 Å². The molecule has 1 rings (SSSR count). The normalized spacial score (nSPS) is 17.9. The van der Waals surface area contributed by atoms with Gasteiger partial charge in [-0.1, -0.05) is 33.6 Å². The van der Waals surface area contributed by atoms with Crippen LogP contribution in [0.1, 0.15) is 65.7 Å². The number of hydrogen-bond donors (Lipinski definition) is 2. The molecule has 0 saturated carbocycles. The fourth-order valence-corrected chi connectivity index (χ4v) is 2.91. The number of rotatable bonds is 9. The van der Waals surface area contributed by atoms with Gasteiger partial charge in [-0.05, 0) is 31.6 Å². The monoisotopic (exact) mass is 326 g/mol. The summed E-state index contributed by atoms with van der Waals surface area (Å²) >= 11 is 0. The minimum absolute atomic E-state index is 0.00233. The number of aliphatic carboxylic acids is 1. The maximum Gasteiger partial charge on any atom is 0.326 e. The molecule has 132 valence electrons. The van der Waals surface area contributed by atoms with E-state index in [4.69, 9.17) is 0 Å². The molecule has 0 aromatic heterocycles. The molecule has 1 aliphatic heterocycles. The van der Waals surface area contributed by atoms with Crippen LogP contribution in [0.3, 0.4) is 0 Å². The van der Waals surface area contributed by atoms with Crippen molar-refractivity contribution in [3.63, 3.8) is 0 Å². The number of nitrogens with one attached hydrogen (secondary N) is 1. The van der Waals surface area contributed by atoms with Gasteiger partial charge in [0.1, 0.15) is 12.1 Å². The van der Waals surface area contributed by atoms with E-state index in [2.05, 4.69) is 5.32 Å². The van der Waals surface area contributed by atoms with E-state index < -0.39 is 18.1 Å². The molecule has 0 spiro atoms. The molecule has 1 fully saturated rings. The average Bonchev–Trinajstić information content (AvgIpc) is 2.49. The molecule has 1 aliphatic rings. The lowest BCUT2D eigenvalue weighted by atomic mass is 9.98. The lowest BCUT2D eigenvalue weighted by molar-refractivity contribution is -0.146. The number of unbranched alkanes of at least 4 members (excludes halogenated alkanes) is 1. The van der Waals surface area contributed by atoms with Crippen molar-refractivity contribution < 1.29 is 19.5 Å². The van der Waals surface area contributed by atoms with Crippen LogP contribution >= 0.6 is 0 Å². The van der Waals surface area contributed by atoms with Crippen molar-refractivity contribution >= 4 is 17.8 Å². The maximum absolute atomic E-state index is 12.6. The van der Waals surface area contributed by atoms with E-state index in [0.717, 1.165) is 25.7 Å². The van der Waals surface area contributed by atoms with Gasteiger partial charge >= 0.3 is 5.97 Å². The van der Waals surface area contributed by atoms with Gasteiger partial charge in [0.05, 0.1) is 0 Å². The standard InChI is InChI=1S/C17H30N2O4/c1-4-5-8-13(17(22)23)18-16(21)14(11-12(2)3)19-10-7-6-9-15(19)20/h12-14H,4-11H2,1-3H3,(H,18,21)(H,22,23)/t13-,14?/m0/s1. The third-order valence-electron chi connectivity index (χ3n) is 4.19. The van der Waals surface area contributed by atoms with Crippen LogP contribution in [0.5, 0.6) is 0 Å². The van der Waals surface area contributed by atoms with Crippen LogP contribution in [0.2, 0.25) is 0 Å². The molecule has 1 heterocycles. The summed E-state index contributed by atoms with van der Waals surface area (Å²) in [4.78, 5) is 37.7. The number of carbonyl (C=O) groups excluding carboxylic acids is 2. The largest absolute Gasteiger partial charge is 0.480 e. The number of amides is 2. The first-order valence-electron chi connectivity index (χ1n) is 8.69. The number of likely N-dealkylation sites (tertiary alicyclic amines) is 1. The first kappa shape index (κ1) is 19.5. The predicted molar refractivity (Wildman–Crippen MR) is 87.9 cm³/mol. The van der Waals surface area contributed by atoms with Gasteiger partial charge in [0.15, 0.2) is 0 Å². The van der Waals surface area contributed by atoms with E-state index in [9.17, 15) is 19.5 Å². The fourth-order valence-electron chi connectivity index (χ4n) is 2.91. The van der Waals surface area contributed by atoms with E-state index >= 15 is 0 Å². The Balaban J connectivity index is 2.81. The molecule has 0 aromatic carbocycles. The van der Waals surface area contributed by atoms with Crippen molar-refractivity contribution in [3.8, 4) is 0 Å². The number of carbonyl (C=O) groups is 3. The summed E-state index contributed by atoms with van der Waals surface area (Å²) in [5.74, 6) is -1.10. The van der Waals surface area contributed by atoms with Crippen LogP contribution in [0, 0.1) is 5.92 Å². The van der Waals surface area contributed by atoms with E-state index in [0.29, 0.717) is 25.8 Å². The molecule has 6 nitrogen and oxygen atoms in total. The van der Waals surface area contributed by atoms with Crippen molar-refractivity contribution in [1.29, 1.82) is 0 Å². The summed E-state index contributed by atoms with van der Waals surface area (Å²) in [6, 6.07) is -1.44. The third kappa shape index (κ3) is 6.20. The van der Waals surface area contributed by atoms with Crippen molar-refractivity contribution in [1.82, 2.24) is 10.2 Å². The average molecular weight is 326 g/mol. The SMILES string of the molecule is CCCC[C@H](NC(=O)C(CC(C)C)N1CCCCC1=O)C(=O)O. The van der Waals surface area contributed by atoms with Crippen LogP contribution in [0.15, 0.2) is 0 Å². The Morgan fingerprint density at radius 1 is 1.30 bits per heavy atom. The molecule has 0 bridgehead atoms. The second-order valence-electron chi connectivity index (χ2n) is 6.73. The highest BCUT2D eigenvalue weighted by molar-refractivity contribution is 5.90. The predicted octanol–water partition coefficient (Wildman–Crippen LogP) is 2.17. The van der Waals surface area contributed by atoms with E-state index in [1.54, 1.807) is 4.90 Å². The highest BCUT2D eigenvalue weighted by Gasteiger charge is 2.33. The highest BCUT2D eigenvalue weighted by Crippen LogP contribution is 2.19. The minimum atomic E-state index is -1.01. The van der Waals surface area contributed by atoms with Crippen LogP contribution in [0.25, 0.3) is 0 Å². The summed E-state index contributed by atoms with van der Waals surface area (Å²) in [6.07, 6.45) is 4.82. The Bertz CT molecular complexity index is 423. The summed E-state index contributed by atoms with van der Waals surface area (Å²) < 4.78 is 0. The van der Waals surface area contributed by atoms with Gasteiger partial charge in [0.2, 0.25) is 11.8 Å². The Hall–Kier alpha value is -1.59. The van der Waals surface area contributed by atoms with Crippen molar-refractivity contribution in [2.24, 2.45) is 5.92 Å². The van der Waals surface area contributed by atoms with Crippen LogP contribution in [0.4, 0.5) is 0 Å². The van der Waals surface area contributed by atoms with Gasteiger partial charge < -0.3 is 15.3 Å². The maximum atomic E-state index is 12.6. The molecule has 23 heavy (non-hydrogen) atoms. The van der Waals surface area contributed by atoms with Crippen LogP contribution < -0.4 is 5.32 Å². The van der Waals surface area contributed by atoms with E-state index in [1.807, 2.05) is 20.8 Å². The second-order valence-corrected chi connectivity index (χ2v) is 6.73. The summed E-state index contributed by atoms with van der Waals surface area (Å²) in [5.41, 5.74) is 0. The van der Waals surface area contributed by atoms with Crippen LogP contribution in [-0.2, 0) is 14.4 Å². The molecule has 1 saturated heterocycles. The number of carboxylic acid groups (broad SMARTS) is 1. The van der Waals surface area contributed by atoms with Gasteiger partial charge in [-0.15, -0.1) is 0 Å².